The predicted octanol–water partition coefficient (Wildman–Crippen LogP) is 1.71. The van der Waals surface area contributed by atoms with Crippen LogP contribution in [0.3, 0.4) is 0 Å². The Labute approximate surface area is 134 Å². The molecule has 1 atom stereocenters. The lowest BCUT2D eigenvalue weighted by atomic mass is 9.99. The number of aromatic amines is 1. The highest BCUT2D eigenvalue weighted by atomic mass is 16.5. The molecular formula is C17H22N2O4. The number of hydrogen-bond donors (Lipinski definition) is 2. The van der Waals surface area contributed by atoms with Gasteiger partial charge in [0.2, 0.25) is 0 Å². The number of rotatable bonds is 7. The van der Waals surface area contributed by atoms with Crippen LogP contribution in [0.4, 0.5) is 0 Å². The monoisotopic (exact) mass is 318 g/mol. The Morgan fingerprint density at radius 1 is 1.17 bits per heavy atom. The molecule has 0 radical (unpaired) electrons. The maximum atomic E-state index is 11.8. The maximum absolute atomic E-state index is 11.8. The van der Waals surface area contributed by atoms with E-state index in [-0.39, 0.29) is 12.4 Å². The van der Waals surface area contributed by atoms with Crippen molar-refractivity contribution in [3.63, 3.8) is 0 Å². The molecule has 0 saturated heterocycles. The molecule has 0 spiro atoms. The van der Waals surface area contributed by atoms with Gasteiger partial charge in [0, 0.05) is 23.5 Å². The van der Waals surface area contributed by atoms with Crippen LogP contribution >= 0.6 is 0 Å². The van der Waals surface area contributed by atoms with E-state index in [0.29, 0.717) is 19.6 Å². The number of nitrogens with two attached hydrogens (primary N) is 1. The van der Waals surface area contributed by atoms with Gasteiger partial charge in [0.1, 0.15) is 6.04 Å². The van der Waals surface area contributed by atoms with Gasteiger partial charge in [-0.3, -0.25) is 9.59 Å². The van der Waals surface area contributed by atoms with Crippen LogP contribution in [0, 0.1) is 0 Å². The number of fused-ring (bicyclic) bond motifs is 1. The van der Waals surface area contributed by atoms with Crippen molar-refractivity contribution in [2.75, 3.05) is 13.2 Å². The lowest BCUT2D eigenvalue weighted by molar-refractivity contribution is -0.144. The van der Waals surface area contributed by atoms with Crippen molar-refractivity contribution in [2.24, 2.45) is 5.73 Å². The van der Waals surface area contributed by atoms with E-state index < -0.39 is 12.0 Å². The lowest BCUT2D eigenvalue weighted by Gasteiger charge is -2.11. The van der Waals surface area contributed by atoms with Crippen molar-refractivity contribution in [1.82, 2.24) is 4.98 Å². The van der Waals surface area contributed by atoms with Crippen LogP contribution in [0.5, 0.6) is 0 Å². The molecule has 124 valence electrons. The molecule has 1 unspecified atom stereocenters. The molecule has 6 nitrogen and oxygen atoms in total. The van der Waals surface area contributed by atoms with Crippen LogP contribution in [-0.2, 0) is 31.9 Å². The zero-order valence-electron chi connectivity index (χ0n) is 13.4. The highest BCUT2D eigenvalue weighted by Gasteiger charge is 2.19. The number of esters is 2. The van der Waals surface area contributed by atoms with Gasteiger partial charge >= 0.3 is 11.9 Å². The molecule has 6 heteroatoms. The van der Waals surface area contributed by atoms with Crippen molar-refractivity contribution in [1.29, 1.82) is 0 Å². The van der Waals surface area contributed by atoms with E-state index in [1.807, 2.05) is 24.4 Å². The summed E-state index contributed by atoms with van der Waals surface area (Å²) in [5.74, 6) is -0.702. The number of carbonyl (C=O) groups excluding carboxylic acids is 2. The van der Waals surface area contributed by atoms with E-state index >= 15 is 0 Å². The fourth-order valence-corrected chi connectivity index (χ4v) is 2.58. The zero-order valence-corrected chi connectivity index (χ0v) is 13.4. The first-order valence-corrected chi connectivity index (χ1v) is 7.72. The summed E-state index contributed by atoms with van der Waals surface area (Å²) in [6.07, 6.45) is 2.35. The predicted molar refractivity (Wildman–Crippen MR) is 86.9 cm³/mol. The zero-order chi connectivity index (χ0) is 16.8. The Morgan fingerprint density at radius 3 is 2.61 bits per heavy atom. The lowest BCUT2D eigenvalue weighted by Crippen LogP contribution is -2.34. The molecule has 0 saturated carbocycles. The highest BCUT2D eigenvalue weighted by molar-refractivity contribution is 5.90. The second-order valence-corrected chi connectivity index (χ2v) is 5.20. The summed E-state index contributed by atoms with van der Waals surface area (Å²) in [6, 6.07) is 4.95. The fourth-order valence-electron chi connectivity index (χ4n) is 2.58. The minimum Gasteiger partial charge on any atom is -0.466 e. The third-order valence-electron chi connectivity index (χ3n) is 3.54. The van der Waals surface area contributed by atoms with Crippen LogP contribution in [0.25, 0.3) is 10.9 Å². The third-order valence-corrected chi connectivity index (χ3v) is 3.54. The number of ether oxygens (including phenoxy) is 2. The van der Waals surface area contributed by atoms with Crippen molar-refractivity contribution in [3.8, 4) is 0 Å². The number of aromatic nitrogens is 1. The van der Waals surface area contributed by atoms with E-state index in [0.717, 1.165) is 22.0 Å². The summed E-state index contributed by atoms with van der Waals surface area (Å²) < 4.78 is 9.96. The third kappa shape index (κ3) is 4.10. The summed E-state index contributed by atoms with van der Waals surface area (Å²) >= 11 is 0. The van der Waals surface area contributed by atoms with Crippen molar-refractivity contribution < 1.29 is 19.1 Å². The first-order chi connectivity index (χ1) is 11.1. The summed E-state index contributed by atoms with van der Waals surface area (Å²) in [7, 11) is 0. The Hall–Kier alpha value is -2.34. The summed E-state index contributed by atoms with van der Waals surface area (Å²) in [5.41, 5.74) is 8.55. The summed E-state index contributed by atoms with van der Waals surface area (Å²) in [6.45, 7) is 4.17. The van der Waals surface area contributed by atoms with Gasteiger partial charge in [0.25, 0.3) is 0 Å². The minimum atomic E-state index is -0.732. The van der Waals surface area contributed by atoms with Gasteiger partial charge in [0.05, 0.1) is 19.6 Å². The maximum Gasteiger partial charge on any atom is 0.323 e. The van der Waals surface area contributed by atoms with Crippen molar-refractivity contribution in [3.05, 3.63) is 35.5 Å². The fraction of sp³-hybridized carbons (Fsp3) is 0.412. The van der Waals surface area contributed by atoms with Crippen molar-refractivity contribution in [2.45, 2.75) is 32.7 Å². The Morgan fingerprint density at radius 2 is 1.91 bits per heavy atom. The van der Waals surface area contributed by atoms with Gasteiger partial charge in [-0.25, -0.2) is 0 Å². The van der Waals surface area contributed by atoms with E-state index in [1.54, 1.807) is 13.8 Å². The second-order valence-electron chi connectivity index (χ2n) is 5.20. The Bertz CT molecular complexity index is 693. The van der Waals surface area contributed by atoms with Crippen LogP contribution < -0.4 is 5.73 Å². The average Bonchev–Trinajstić information content (AvgIpc) is 2.92. The normalized spacial score (nSPS) is 12.1. The van der Waals surface area contributed by atoms with Crippen LogP contribution in [0.2, 0.25) is 0 Å². The van der Waals surface area contributed by atoms with Gasteiger partial charge in [0.15, 0.2) is 0 Å². The molecule has 0 amide bonds. The molecule has 0 aliphatic heterocycles. The molecule has 1 heterocycles. The molecule has 1 aromatic heterocycles. The van der Waals surface area contributed by atoms with Crippen LogP contribution in [-0.4, -0.2) is 36.2 Å². The van der Waals surface area contributed by atoms with Gasteiger partial charge in [-0.15, -0.1) is 0 Å². The molecule has 0 bridgehead atoms. The molecule has 2 aromatic rings. The van der Waals surface area contributed by atoms with Gasteiger partial charge in [-0.05, 0) is 31.0 Å². The minimum absolute atomic E-state index is 0.185. The first kappa shape index (κ1) is 17.0. The smallest absolute Gasteiger partial charge is 0.323 e. The molecular weight excluding hydrogens is 296 g/mol. The summed E-state index contributed by atoms with van der Waals surface area (Å²) in [4.78, 5) is 26.6. The van der Waals surface area contributed by atoms with Gasteiger partial charge < -0.3 is 20.2 Å². The van der Waals surface area contributed by atoms with Crippen LogP contribution in [0.1, 0.15) is 25.0 Å². The number of carbonyl (C=O) groups is 2. The standard InChI is InChI=1S/C17H22N2O4/c1-3-22-15(20)9-11-6-5-7-14-16(11)12(10-19-14)8-13(18)17(21)23-4-2/h5-7,10,13,19H,3-4,8-9,18H2,1-2H3. The van der Waals surface area contributed by atoms with Crippen molar-refractivity contribution >= 4 is 22.8 Å². The molecule has 2 rings (SSSR count). The second kappa shape index (κ2) is 7.78. The van der Waals surface area contributed by atoms with E-state index in [2.05, 4.69) is 4.98 Å². The molecule has 3 N–H and O–H groups in total. The number of benzene rings is 1. The molecule has 0 fully saturated rings. The topological polar surface area (TPSA) is 94.4 Å². The van der Waals surface area contributed by atoms with E-state index in [9.17, 15) is 9.59 Å². The SMILES string of the molecule is CCOC(=O)Cc1cccc2[nH]cc(CC(N)C(=O)OCC)c12. The van der Waals surface area contributed by atoms with Gasteiger partial charge in [-0.2, -0.15) is 0 Å². The Kier molecular flexibility index (Phi) is 5.76. The molecule has 23 heavy (non-hydrogen) atoms. The van der Waals surface area contributed by atoms with E-state index in [4.69, 9.17) is 15.2 Å². The Balaban J connectivity index is 2.27. The number of nitrogens with one attached hydrogen (secondary N) is 1. The molecule has 1 aromatic carbocycles. The number of hydrogen-bond acceptors (Lipinski definition) is 5. The largest absolute Gasteiger partial charge is 0.466 e. The molecule has 0 aliphatic rings. The molecule has 0 aliphatic carbocycles. The summed E-state index contributed by atoms with van der Waals surface area (Å²) in [5, 5.41) is 0.917. The highest BCUT2D eigenvalue weighted by Crippen LogP contribution is 2.24. The van der Waals surface area contributed by atoms with E-state index in [1.165, 1.54) is 0 Å². The quantitative estimate of drug-likeness (QED) is 0.758. The van der Waals surface area contributed by atoms with Crippen LogP contribution in [0.15, 0.2) is 24.4 Å². The average molecular weight is 318 g/mol. The number of H-pyrrole nitrogens is 1. The first-order valence-electron chi connectivity index (χ1n) is 7.72. The van der Waals surface area contributed by atoms with Gasteiger partial charge in [-0.1, -0.05) is 12.1 Å².